The molecule has 5 N–H and O–H groups in total. The summed E-state index contributed by atoms with van der Waals surface area (Å²) in [6, 6.07) is 0. The van der Waals surface area contributed by atoms with Gasteiger partial charge < -0.3 is 15.8 Å². The van der Waals surface area contributed by atoms with Crippen molar-refractivity contribution < 1.29 is 27.1 Å². The van der Waals surface area contributed by atoms with Crippen molar-refractivity contribution in [3.05, 3.63) is 11.6 Å². The van der Waals surface area contributed by atoms with E-state index in [4.69, 9.17) is 17.5 Å². The minimum Gasteiger partial charge on any atom is -0.466 e. The van der Waals surface area contributed by atoms with Crippen molar-refractivity contribution in [3.8, 4) is 0 Å². The van der Waals surface area contributed by atoms with E-state index in [2.05, 4.69) is 9.64 Å². The summed E-state index contributed by atoms with van der Waals surface area (Å²) in [5, 5.41) is 0. The van der Waals surface area contributed by atoms with Gasteiger partial charge in [0.1, 0.15) is 0 Å². The van der Waals surface area contributed by atoms with E-state index in [9.17, 15) is 4.79 Å². The summed E-state index contributed by atoms with van der Waals surface area (Å²) in [7, 11) is 0.730. The van der Waals surface area contributed by atoms with Crippen molar-refractivity contribution >= 4 is 16.4 Å². The zero-order chi connectivity index (χ0) is 14.1. The molecule has 0 bridgehead atoms. The molecule has 0 unspecified atom stereocenters. The summed E-state index contributed by atoms with van der Waals surface area (Å²) in [6.45, 7) is 2.72. The first kappa shape index (κ1) is 22.2. The first-order valence-corrected chi connectivity index (χ1v) is 6.07. The highest BCUT2D eigenvalue weighted by Gasteiger charge is 2.01. The van der Waals surface area contributed by atoms with Gasteiger partial charge in [-0.1, -0.05) is 6.08 Å². The van der Waals surface area contributed by atoms with Crippen molar-refractivity contribution in [1.82, 2.24) is 11.1 Å². The summed E-state index contributed by atoms with van der Waals surface area (Å²) in [5.74, 6) is -0.242. The molecule has 0 aromatic rings. The van der Waals surface area contributed by atoms with Gasteiger partial charge >= 0.3 is 16.4 Å². The second-order valence-corrected chi connectivity index (χ2v) is 4.31. The number of rotatable bonds is 4. The van der Waals surface area contributed by atoms with Crippen molar-refractivity contribution in [1.29, 1.82) is 0 Å². The summed E-state index contributed by atoms with van der Waals surface area (Å²) < 4.78 is 36.1. The molecule has 110 valence electrons. The van der Waals surface area contributed by atoms with Crippen LogP contribution in [0, 0.1) is 0 Å². The van der Waals surface area contributed by atoms with E-state index in [0.29, 0.717) is 5.57 Å². The molecule has 8 nitrogen and oxygen atoms in total. The lowest BCUT2D eigenvalue weighted by atomic mass is 10.2. The molecule has 0 heterocycles. The molecule has 0 saturated carbocycles. The topological polar surface area (TPSA) is 139 Å². The van der Waals surface area contributed by atoms with Crippen molar-refractivity contribution in [2.24, 2.45) is 0 Å². The zero-order valence-electron chi connectivity index (χ0n) is 11.1. The predicted molar refractivity (Wildman–Crippen MR) is 68.1 cm³/mol. The van der Waals surface area contributed by atoms with Crippen LogP contribution in [0.4, 0.5) is 0 Å². The zero-order valence-corrected chi connectivity index (χ0v) is 11.9. The molecule has 0 spiro atoms. The van der Waals surface area contributed by atoms with E-state index >= 15 is 0 Å². The monoisotopic (exact) mass is 286 g/mol. The molecule has 0 aromatic heterocycles. The lowest BCUT2D eigenvalue weighted by Gasteiger charge is -2.06. The van der Waals surface area contributed by atoms with Crippen molar-refractivity contribution in [2.75, 3.05) is 27.7 Å². The summed E-state index contributed by atoms with van der Waals surface area (Å²) >= 11 is 0. The van der Waals surface area contributed by atoms with Crippen LogP contribution in [-0.4, -0.2) is 56.1 Å². The highest BCUT2D eigenvalue weighted by atomic mass is 32.3. The minimum absolute atomic E-state index is 0. The Balaban J connectivity index is -0.000000321. The number of carbonyl (C=O) groups excluding carboxylic acids is 1. The van der Waals surface area contributed by atoms with E-state index in [-0.39, 0.29) is 12.1 Å². The first-order valence-electron chi connectivity index (χ1n) is 4.67. The number of hydrogen-bond acceptors (Lipinski definition) is 6. The largest absolute Gasteiger partial charge is 0.466 e. The molecule has 0 aliphatic carbocycles. The second kappa shape index (κ2) is 11.1. The van der Waals surface area contributed by atoms with Crippen molar-refractivity contribution in [2.45, 2.75) is 13.3 Å². The summed E-state index contributed by atoms with van der Waals surface area (Å²) in [6.07, 6.45) is 2.78. The molecule has 9 heteroatoms. The Labute approximate surface area is 108 Å². The van der Waals surface area contributed by atoms with Gasteiger partial charge in [0.2, 0.25) is 0 Å². The maximum absolute atomic E-state index is 10.9. The Morgan fingerprint density at radius 1 is 1.33 bits per heavy atom. The second-order valence-electron chi connectivity index (χ2n) is 3.42. The molecular formula is C9H22N2O6S. The Hall–Kier alpha value is -1.00. The highest BCUT2D eigenvalue weighted by molar-refractivity contribution is 7.79. The fraction of sp³-hybridized carbons (Fsp3) is 0.667. The Morgan fingerprint density at radius 2 is 1.72 bits per heavy atom. The minimum atomic E-state index is -4.67. The number of esters is 1. The van der Waals surface area contributed by atoms with Crippen LogP contribution in [0.25, 0.3) is 0 Å². The molecule has 0 rings (SSSR count). The van der Waals surface area contributed by atoms with Crippen LogP contribution >= 0.6 is 0 Å². The normalized spacial score (nSPS) is 11.2. The molecule has 0 aromatic carbocycles. The van der Waals surface area contributed by atoms with Gasteiger partial charge in [0, 0.05) is 12.1 Å². The quantitative estimate of drug-likeness (QED) is 0.387. The van der Waals surface area contributed by atoms with Gasteiger partial charge in [-0.05, 0) is 27.4 Å². The van der Waals surface area contributed by atoms with Gasteiger partial charge in [-0.25, -0.2) is 4.79 Å². The van der Waals surface area contributed by atoms with Gasteiger partial charge in [0.15, 0.2) is 0 Å². The summed E-state index contributed by atoms with van der Waals surface area (Å²) in [5.41, 5.74) is 0.680. The maximum Gasteiger partial charge on any atom is 0.394 e. The number of carbonyl (C=O) groups is 1. The molecular weight excluding hydrogens is 264 g/mol. The molecule has 0 saturated heterocycles. The van der Waals surface area contributed by atoms with Gasteiger partial charge in [-0.3, -0.25) is 9.11 Å². The predicted octanol–water partition coefficient (Wildman–Crippen LogP) is 0.567. The van der Waals surface area contributed by atoms with Crippen LogP contribution in [-0.2, 0) is 19.9 Å². The highest BCUT2D eigenvalue weighted by Crippen LogP contribution is 1.97. The lowest BCUT2D eigenvalue weighted by Crippen LogP contribution is -2.12. The standard InChI is InChI=1S/C9H17NO2.H3N.H2O4S/c1-8(9(11)12-4)6-5-7-10(2)3;;1-5(2,3)4/h6H,5,7H2,1-4H3;1H3;(H2,1,2,3,4). The Kier molecular flexibility index (Phi) is 13.7. The fourth-order valence-corrected chi connectivity index (χ4v) is 0.784. The van der Waals surface area contributed by atoms with E-state index in [1.54, 1.807) is 6.92 Å². The number of ether oxygens (including phenoxy) is 1. The number of hydrogen-bond donors (Lipinski definition) is 3. The van der Waals surface area contributed by atoms with Crippen LogP contribution in [0.2, 0.25) is 0 Å². The molecule has 0 fully saturated rings. The van der Waals surface area contributed by atoms with Crippen LogP contribution in [0.1, 0.15) is 13.3 Å². The lowest BCUT2D eigenvalue weighted by molar-refractivity contribution is -0.136. The molecule has 0 aliphatic heterocycles. The first-order chi connectivity index (χ1) is 7.57. The average Bonchev–Trinajstić information content (AvgIpc) is 2.13. The third kappa shape index (κ3) is 24.3. The van der Waals surface area contributed by atoms with E-state index in [0.717, 1.165) is 13.0 Å². The average molecular weight is 286 g/mol. The van der Waals surface area contributed by atoms with Crippen LogP contribution in [0.15, 0.2) is 11.6 Å². The fourth-order valence-electron chi connectivity index (χ4n) is 0.784. The van der Waals surface area contributed by atoms with E-state index in [1.807, 2.05) is 20.2 Å². The molecule has 0 atom stereocenters. The number of methoxy groups -OCH3 is 1. The van der Waals surface area contributed by atoms with Gasteiger partial charge in [-0.2, -0.15) is 8.42 Å². The Bertz CT molecular complexity index is 342. The van der Waals surface area contributed by atoms with Crippen LogP contribution in [0.5, 0.6) is 0 Å². The van der Waals surface area contributed by atoms with E-state index in [1.165, 1.54) is 7.11 Å². The molecule has 18 heavy (non-hydrogen) atoms. The van der Waals surface area contributed by atoms with Gasteiger partial charge in [0.25, 0.3) is 0 Å². The van der Waals surface area contributed by atoms with Gasteiger partial charge in [0.05, 0.1) is 7.11 Å². The molecule has 0 aliphatic rings. The maximum atomic E-state index is 10.9. The smallest absolute Gasteiger partial charge is 0.394 e. The van der Waals surface area contributed by atoms with Gasteiger partial charge in [-0.15, -0.1) is 0 Å². The third-order valence-electron chi connectivity index (χ3n) is 1.53. The van der Waals surface area contributed by atoms with E-state index < -0.39 is 10.4 Å². The number of nitrogens with zero attached hydrogens (tertiary/aromatic N) is 1. The Morgan fingerprint density at radius 3 is 2.00 bits per heavy atom. The van der Waals surface area contributed by atoms with Crippen molar-refractivity contribution in [3.63, 3.8) is 0 Å². The summed E-state index contributed by atoms with van der Waals surface area (Å²) in [4.78, 5) is 13.0. The third-order valence-corrected chi connectivity index (χ3v) is 1.53. The molecule has 0 amide bonds. The van der Waals surface area contributed by atoms with Crippen LogP contribution in [0.3, 0.4) is 0 Å². The van der Waals surface area contributed by atoms with Crippen LogP contribution < -0.4 is 6.15 Å². The SMILES string of the molecule is COC(=O)C(C)=CCCN(C)C.N.O=S(=O)(O)O. The molecule has 0 radical (unpaired) electrons.